The van der Waals surface area contributed by atoms with Crippen LogP contribution in [0.3, 0.4) is 0 Å². The van der Waals surface area contributed by atoms with Gasteiger partial charge in [0.1, 0.15) is 10.7 Å². The van der Waals surface area contributed by atoms with E-state index in [1.807, 2.05) is 36.4 Å². The number of aromatic nitrogens is 3. The Kier molecular flexibility index (Phi) is 4.44. The van der Waals surface area contributed by atoms with Crippen molar-refractivity contribution < 1.29 is 0 Å². The topological polar surface area (TPSA) is 64.7 Å². The van der Waals surface area contributed by atoms with Gasteiger partial charge in [-0.2, -0.15) is 0 Å². The van der Waals surface area contributed by atoms with Crippen LogP contribution in [0.15, 0.2) is 60.1 Å². The highest BCUT2D eigenvalue weighted by Crippen LogP contribution is 2.37. The van der Waals surface area contributed by atoms with Gasteiger partial charge < -0.3 is 5.73 Å². The summed E-state index contributed by atoms with van der Waals surface area (Å²) in [5, 5.41) is 3.07. The normalized spacial score (nSPS) is 12.4. The SMILES string of the molecule is NC(c1ccccn1)c1nc(CCl)nc2scc(-c3ccccc3)c12. The maximum Gasteiger partial charge on any atom is 0.145 e. The standard InChI is InChI=1S/C19H15ClN4S/c20-10-15-23-18(17(21)14-8-4-5-9-22-14)16-13(11-25-19(16)24-15)12-6-2-1-3-7-12/h1-9,11,17H,10,21H2. The molecule has 3 heterocycles. The van der Waals surface area contributed by atoms with Crippen LogP contribution in [-0.4, -0.2) is 15.0 Å². The zero-order valence-corrected chi connectivity index (χ0v) is 14.8. The number of rotatable bonds is 4. The summed E-state index contributed by atoms with van der Waals surface area (Å²) in [6.45, 7) is 0. The number of benzene rings is 1. The van der Waals surface area contributed by atoms with Crippen molar-refractivity contribution in [3.63, 3.8) is 0 Å². The second-order valence-corrected chi connectivity index (χ2v) is 6.71. The molecule has 1 atom stereocenters. The van der Waals surface area contributed by atoms with Crippen molar-refractivity contribution in [2.24, 2.45) is 5.73 Å². The van der Waals surface area contributed by atoms with E-state index in [1.54, 1.807) is 17.5 Å². The molecule has 0 saturated heterocycles. The molecule has 3 aromatic heterocycles. The Morgan fingerprint density at radius 2 is 1.84 bits per heavy atom. The molecule has 0 spiro atoms. The van der Waals surface area contributed by atoms with Crippen LogP contribution in [0.25, 0.3) is 21.3 Å². The number of thiophene rings is 1. The third-order valence-corrected chi connectivity index (χ3v) is 5.12. The smallest absolute Gasteiger partial charge is 0.145 e. The van der Waals surface area contributed by atoms with Crippen LogP contribution in [-0.2, 0) is 5.88 Å². The Hall–Kier alpha value is -2.34. The minimum Gasteiger partial charge on any atom is -0.318 e. The Morgan fingerprint density at radius 1 is 1.04 bits per heavy atom. The highest BCUT2D eigenvalue weighted by Gasteiger charge is 2.21. The number of halogens is 1. The molecule has 0 aliphatic carbocycles. The van der Waals surface area contributed by atoms with Gasteiger partial charge in [-0.3, -0.25) is 4.98 Å². The number of nitrogens with zero attached hydrogens (tertiary/aromatic N) is 3. The predicted octanol–water partition coefficient (Wildman–Crippen LogP) is 4.54. The summed E-state index contributed by atoms with van der Waals surface area (Å²) in [5.41, 5.74) is 10.3. The fourth-order valence-corrected chi connectivity index (χ4v) is 3.92. The average molecular weight is 367 g/mol. The third-order valence-electron chi connectivity index (χ3n) is 4.01. The van der Waals surface area contributed by atoms with Crippen molar-refractivity contribution in [2.75, 3.05) is 0 Å². The van der Waals surface area contributed by atoms with Crippen LogP contribution in [0.1, 0.15) is 23.3 Å². The number of hydrogen-bond acceptors (Lipinski definition) is 5. The number of pyridine rings is 1. The molecule has 4 aromatic rings. The number of fused-ring (bicyclic) bond motifs is 1. The Balaban J connectivity index is 1.96. The number of alkyl halides is 1. The van der Waals surface area contributed by atoms with Gasteiger partial charge in [-0.1, -0.05) is 36.4 Å². The molecule has 0 radical (unpaired) electrons. The van der Waals surface area contributed by atoms with Crippen molar-refractivity contribution in [1.82, 2.24) is 15.0 Å². The van der Waals surface area contributed by atoms with Gasteiger partial charge in [0.15, 0.2) is 0 Å². The van der Waals surface area contributed by atoms with Gasteiger partial charge in [-0.15, -0.1) is 22.9 Å². The van der Waals surface area contributed by atoms with Gasteiger partial charge in [0, 0.05) is 22.5 Å². The van der Waals surface area contributed by atoms with E-state index in [1.165, 1.54) is 0 Å². The third kappa shape index (κ3) is 3.02. The molecular formula is C19H15ClN4S. The minimum atomic E-state index is -0.439. The number of nitrogens with two attached hydrogens (primary N) is 1. The Morgan fingerprint density at radius 3 is 2.56 bits per heavy atom. The molecule has 4 nitrogen and oxygen atoms in total. The fourth-order valence-electron chi connectivity index (χ4n) is 2.83. The highest BCUT2D eigenvalue weighted by molar-refractivity contribution is 7.17. The Bertz CT molecular complexity index is 1000. The number of hydrogen-bond donors (Lipinski definition) is 1. The fraction of sp³-hybridized carbons (Fsp3) is 0.105. The van der Waals surface area contributed by atoms with Gasteiger partial charge in [0.2, 0.25) is 0 Å². The zero-order valence-electron chi connectivity index (χ0n) is 13.3. The second kappa shape index (κ2) is 6.88. The molecule has 4 rings (SSSR count). The van der Waals surface area contributed by atoms with E-state index in [-0.39, 0.29) is 5.88 Å². The molecule has 2 N–H and O–H groups in total. The minimum absolute atomic E-state index is 0.246. The van der Waals surface area contributed by atoms with Crippen LogP contribution in [0.4, 0.5) is 0 Å². The first-order chi connectivity index (χ1) is 12.3. The highest BCUT2D eigenvalue weighted by atomic mass is 35.5. The lowest BCUT2D eigenvalue weighted by atomic mass is 10.0. The summed E-state index contributed by atoms with van der Waals surface area (Å²) in [7, 11) is 0. The molecule has 0 saturated carbocycles. The summed E-state index contributed by atoms with van der Waals surface area (Å²) >= 11 is 7.58. The average Bonchev–Trinajstić information content (AvgIpc) is 3.12. The summed E-state index contributed by atoms with van der Waals surface area (Å²) in [6, 6.07) is 15.5. The quantitative estimate of drug-likeness (QED) is 0.538. The molecule has 124 valence electrons. The first-order valence-electron chi connectivity index (χ1n) is 7.84. The lowest BCUT2D eigenvalue weighted by molar-refractivity contribution is 0.791. The van der Waals surface area contributed by atoms with E-state index in [2.05, 4.69) is 32.5 Å². The molecule has 1 unspecified atom stereocenters. The molecule has 0 amide bonds. The van der Waals surface area contributed by atoms with Crippen molar-refractivity contribution >= 4 is 33.2 Å². The molecule has 0 fully saturated rings. The van der Waals surface area contributed by atoms with Crippen molar-refractivity contribution in [2.45, 2.75) is 11.9 Å². The van der Waals surface area contributed by atoms with Gasteiger partial charge in [-0.25, -0.2) is 9.97 Å². The lowest BCUT2D eigenvalue weighted by Crippen LogP contribution is -2.16. The summed E-state index contributed by atoms with van der Waals surface area (Å²) in [6.07, 6.45) is 1.74. The van der Waals surface area contributed by atoms with Crippen LogP contribution in [0.5, 0.6) is 0 Å². The van der Waals surface area contributed by atoms with Crippen molar-refractivity contribution in [3.05, 3.63) is 77.3 Å². The molecule has 6 heteroatoms. The zero-order chi connectivity index (χ0) is 17.2. The Labute approximate surface area is 154 Å². The van der Waals surface area contributed by atoms with E-state index < -0.39 is 6.04 Å². The van der Waals surface area contributed by atoms with Gasteiger partial charge in [0.05, 0.1) is 23.3 Å². The first-order valence-corrected chi connectivity index (χ1v) is 9.25. The molecule has 1 aromatic carbocycles. The summed E-state index contributed by atoms with van der Waals surface area (Å²) in [4.78, 5) is 14.5. The molecule has 0 aliphatic heterocycles. The predicted molar refractivity (Wildman–Crippen MR) is 103 cm³/mol. The monoisotopic (exact) mass is 366 g/mol. The first kappa shape index (κ1) is 16.1. The van der Waals surface area contributed by atoms with Gasteiger partial charge in [-0.05, 0) is 17.7 Å². The lowest BCUT2D eigenvalue weighted by Gasteiger charge is -2.14. The van der Waals surface area contributed by atoms with E-state index in [4.69, 9.17) is 17.3 Å². The van der Waals surface area contributed by atoms with Gasteiger partial charge in [0.25, 0.3) is 0 Å². The van der Waals surface area contributed by atoms with Crippen molar-refractivity contribution in [1.29, 1.82) is 0 Å². The van der Waals surface area contributed by atoms with E-state index in [0.717, 1.165) is 32.7 Å². The molecule has 0 aliphatic rings. The molecule has 25 heavy (non-hydrogen) atoms. The molecule has 0 bridgehead atoms. The van der Waals surface area contributed by atoms with Crippen LogP contribution >= 0.6 is 22.9 Å². The van der Waals surface area contributed by atoms with Gasteiger partial charge >= 0.3 is 0 Å². The summed E-state index contributed by atoms with van der Waals surface area (Å²) in [5.74, 6) is 0.827. The maximum absolute atomic E-state index is 6.52. The van der Waals surface area contributed by atoms with Crippen molar-refractivity contribution in [3.8, 4) is 11.1 Å². The second-order valence-electron chi connectivity index (χ2n) is 5.59. The van der Waals surface area contributed by atoms with E-state index in [0.29, 0.717) is 5.82 Å². The van der Waals surface area contributed by atoms with Crippen LogP contribution in [0.2, 0.25) is 0 Å². The largest absolute Gasteiger partial charge is 0.318 e. The van der Waals surface area contributed by atoms with E-state index >= 15 is 0 Å². The van der Waals surface area contributed by atoms with Crippen LogP contribution < -0.4 is 5.73 Å². The van der Waals surface area contributed by atoms with Crippen LogP contribution in [0, 0.1) is 0 Å². The molecular weight excluding hydrogens is 352 g/mol. The maximum atomic E-state index is 6.52. The van der Waals surface area contributed by atoms with E-state index in [9.17, 15) is 0 Å². The summed E-state index contributed by atoms with van der Waals surface area (Å²) < 4.78 is 0.